The molecule has 2 rings (SSSR count). The van der Waals surface area contributed by atoms with Crippen LogP contribution in [0.3, 0.4) is 0 Å². The van der Waals surface area contributed by atoms with E-state index in [4.69, 9.17) is 17.3 Å². The summed E-state index contributed by atoms with van der Waals surface area (Å²) in [6, 6.07) is 4.87. The van der Waals surface area contributed by atoms with Crippen LogP contribution in [-0.4, -0.2) is 15.5 Å². The fraction of sp³-hybridized carbons (Fsp3) is 0. The Balaban J connectivity index is 2.15. The Labute approximate surface area is 100 Å². The second-order valence-corrected chi connectivity index (χ2v) is 4.00. The van der Waals surface area contributed by atoms with Crippen molar-refractivity contribution in [1.82, 2.24) is 9.59 Å². The van der Waals surface area contributed by atoms with E-state index in [-0.39, 0.29) is 11.6 Å². The van der Waals surface area contributed by atoms with Gasteiger partial charge in [-0.25, -0.2) is 0 Å². The van der Waals surface area contributed by atoms with E-state index >= 15 is 0 Å². The number of nitrogens with one attached hydrogen (secondary N) is 1. The van der Waals surface area contributed by atoms with E-state index in [1.165, 1.54) is 0 Å². The molecule has 7 heteroatoms. The van der Waals surface area contributed by atoms with Gasteiger partial charge in [-0.15, -0.1) is 5.10 Å². The molecular formula is C9H7ClN4OS. The maximum absolute atomic E-state index is 11.6. The summed E-state index contributed by atoms with van der Waals surface area (Å²) >= 11 is 6.94. The number of nitrogens with zero attached hydrogens (tertiary/aromatic N) is 2. The van der Waals surface area contributed by atoms with Gasteiger partial charge in [0.2, 0.25) is 0 Å². The van der Waals surface area contributed by atoms with E-state index in [1.807, 2.05) is 0 Å². The molecule has 16 heavy (non-hydrogen) atoms. The molecule has 0 spiro atoms. The molecular weight excluding hydrogens is 248 g/mol. The zero-order chi connectivity index (χ0) is 11.5. The van der Waals surface area contributed by atoms with Gasteiger partial charge in [-0.05, 0) is 29.7 Å². The van der Waals surface area contributed by atoms with Gasteiger partial charge in [-0.1, -0.05) is 16.1 Å². The van der Waals surface area contributed by atoms with Crippen LogP contribution in [0.25, 0.3) is 0 Å². The standard InChI is InChI=1S/C9H7ClN4OS/c10-6-3-5(1-2-7(6)11)12-9(15)8-4-16-14-13-8/h1-4H,11H2,(H,12,15). The second-order valence-electron chi connectivity index (χ2n) is 2.98. The van der Waals surface area contributed by atoms with Crippen LogP contribution in [0.15, 0.2) is 23.6 Å². The topological polar surface area (TPSA) is 80.9 Å². The Morgan fingerprint density at radius 3 is 2.94 bits per heavy atom. The minimum atomic E-state index is -0.324. The largest absolute Gasteiger partial charge is 0.398 e. The highest BCUT2D eigenvalue weighted by molar-refractivity contribution is 7.03. The lowest BCUT2D eigenvalue weighted by molar-refractivity contribution is 0.102. The van der Waals surface area contributed by atoms with Crippen LogP contribution in [-0.2, 0) is 0 Å². The number of hydrogen-bond donors (Lipinski definition) is 2. The summed E-state index contributed by atoms with van der Waals surface area (Å²) in [6.07, 6.45) is 0. The fourth-order valence-corrected chi connectivity index (χ4v) is 1.68. The van der Waals surface area contributed by atoms with Crippen molar-refractivity contribution in [2.24, 2.45) is 0 Å². The number of nitrogens with two attached hydrogens (primary N) is 1. The third kappa shape index (κ3) is 2.29. The van der Waals surface area contributed by atoms with Crippen molar-refractivity contribution < 1.29 is 4.79 Å². The predicted octanol–water partition coefficient (Wildman–Crippen LogP) is 2.03. The van der Waals surface area contributed by atoms with Crippen LogP contribution in [0.4, 0.5) is 11.4 Å². The molecule has 0 saturated carbocycles. The lowest BCUT2D eigenvalue weighted by Gasteiger charge is -2.04. The first-order chi connectivity index (χ1) is 7.66. The zero-order valence-corrected chi connectivity index (χ0v) is 9.55. The Morgan fingerprint density at radius 2 is 2.31 bits per heavy atom. The van der Waals surface area contributed by atoms with Crippen molar-refractivity contribution in [3.8, 4) is 0 Å². The molecule has 0 aliphatic carbocycles. The van der Waals surface area contributed by atoms with Gasteiger partial charge in [0.1, 0.15) is 0 Å². The van der Waals surface area contributed by atoms with Crippen LogP contribution < -0.4 is 11.1 Å². The number of aromatic nitrogens is 2. The molecule has 0 radical (unpaired) electrons. The number of benzene rings is 1. The number of nitrogen functional groups attached to an aromatic ring is 1. The van der Waals surface area contributed by atoms with Crippen LogP contribution in [0.5, 0.6) is 0 Å². The summed E-state index contributed by atoms with van der Waals surface area (Å²) in [5.74, 6) is -0.324. The normalized spacial score (nSPS) is 10.1. The van der Waals surface area contributed by atoms with Crippen LogP contribution in [0.1, 0.15) is 10.5 Å². The van der Waals surface area contributed by atoms with Crippen molar-refractivity contribution in [3.05, 3.63) is 34.3 Å². The predicted molar refractivity (Wildman–Crippen MR) is 63.7 cm³/mol. The highest BCUT2D eigenvalue weighted by Crippen LogP contribution is 2.22. The summed E-state index contributed by atoms with van der Waals surface area (Å²) < 4.78 is 3.60. The molecule has 0 bridgehead atoms. The SMILES string of the molecule is Nc1ccc(NC(=O)c2csnn2)cc1Cl. The van der Waals surface area contributed by atoms with Crippen molar-refractivity contribution in [3.63, 3.8) is 0 Å². The average molecular weight is 255 g/mol. The first kappa shape index (κ1) is 10.8. The lowest BCUT2D eigenvalue weighted by atomic mass is 10.3. The fourth-order valence-electron chi connectivity index (χ4n) is 1.06. The summed E-state index contributed by atoms with van der Waals surface area (Å²) in [5, 5.41) is 8.25. The summed E-state index contributed by atoms with van der Waals surface area (Å²) in [5.41, 5.74) is 6.86. The molecule has 1 amide bonds. The number of hydrogen-bond acceptors (Lipinski definition) is 5. The molecule has 0 aliphatic rings. The van der Waals surface area contributed by atoms with E-state index in [1.54, 1.807) is 23.6 Å². The maximum Gasteiger partial charge on any atom is 0.277 e. The minimum absolute atomic E-state index is 0.276. The van der Waals surface area contributed by atoms with Crippen molar-refractivity contribution in [1.29, 1.82) is 0 Å². The molecule has 1 aromatic carbocycles. The third-order valence-electron chi connectivity index (χ3n) is 1.85. The Kier molecular flexibility index (Phi) is 3.02. The van der Waals surface area contributed by atoms with Gasteiger partial charge in [0.15, 0.2) is 5.69 Å². The molecule has 2 aromatic rings. The first-order valence-electron chi connectivity index (χ1n) is 4.30. The molecule has 0 atom stereocenters. The summed E-state index contributed by atoms with van der Waals surface area (Å²) in [4.78, 5) is 11.6. The van der Waals surface area contributed by atoms with Gasteiger partial charge in [0.25, 0.3) is 5.91 Å². The molecule has 3 N–H and O–H groups in total. The highest BCUT2D eigenvalue weighted by Gasteiger charge is 2.09. The Morgan fingerprint density at radius 1 is 1.50 bits per heavy atom. The smallest absolute Gasteiger partial charge is 0.277 e. The van der Waals surface area contributed by atoms with Gasteiger partial charge < -0.3 is 11.1 Å². The molecule has 0 aliphatic heterocycles. The van der Waals surface area contributed by atoms with Gasteiger partial charge in [0, 0.05) is 11.1 Å². The summed E-state index contributed by atoms with van der Waals surface area (Å²) in [6.45, 7) is 0. The Hall–Kier alpha value is -1.66. The van der Waals surface area contributed by atoms with E-state index < -0.39 is 0 Å². The van der Waals surface area contributed by atoms with E-state index in [0.717, 1.165) is 11.5 Å². The highest BCUT2D eigenvalue weighted by atomic mass is 35.5. The van der Waals surface area contributed by atoms with Crippen molar-refractivity contribution in [2.45, 2.75) is 0 Å². The summed E-state index contributed by atoms with van der Waals surface area (Å²) in [7, 11) is 0. The average Bonchev–Trinajstić information content (AvgIpc) is 2.77. The number of halogens is 1. The van der Waals surface area contributed by atoms with Crippen LogP contribution >= 0.6 is 23.1 Å². The molecule has 1 aromatic heterocycles. The molecule has 5 nitrogen and oxygen atoms in total. The quantitative estimate of drug-likeness (QED) is 0.804. The first-order valence-corrected chi connectivity index (χ1v) is 5.51. The lowest BCUT2D eigenvalue weighted by Crippen LogP contribution is -2.12. The van der Waals surface area contributed by atoms with Crippen molar-refractivity contribution >= 4 is 40.4 Å². The molecule has 0 fully saturated rings. The van der Waals surface area contributed by atoms with Gasteiger partial charge in [-0.3, -0.25) is 4.79 Å². The maximum atomic E-state index is 11.6. The number of amides is 1. The minimum Gasteiger partial charge on any atom is -0.398 e. The van der Waals surface area contributed by atoms with Gasteiger partial charge >= 0.3 is 0 Å². The number of anilines is 2. The van der Waals surface area contributed by atoms with Gasteiger partial charge in [0.05, 0.1) is 10.7 Å². The van der Waals surface area contributed by atoms with Gasteiger partial charge in [-0.2, -0.15) is 0 Å². The van der Waals surface area contributed by atoms with Crippen LogP contribution in [0.2, 0.25) is 5.02 Å². The molecule has 82 valence electrons. The van der Waals surface area contributed by atoms with Crippen LogP contribution in [0, 0.1) is 0 Å². The third-order valence-corrected chi connectivity index (χ3v) is 2.68. The molecule has 1 heterocycles. The number of carbonyl (C=O) groups is 1. The molecule has 0 unspecified atom stereocenters. The zero-order valence-electron chi connectivity index (χ0n) is 7.98. The molecule has 0 saturated heterocycles. The Bertz CT molecular complexity index is 514. The van der Waals surface area contributed by atoms with E-state index in [2.05, 4.69) is 14.9 Å². The van der Waals surface area contributed by atoms with E-state index in [9.17, 15) is 4.79 Å². The van der Waals surface area contributed by atoms with E-state index in [0.29, 0.717) is 16.4 Å². The number of rotatable bonds is 2. The van der Waals surface area contributed by atoms with Crippen molar-refractivity contribution in [2.75, 3.05) is 11.1 Å². The second kappa shape index (κ2) is 4.46. The number of carbonyl (C=O) groups excluding carboxylic acids is 1. The monoisotopic (exact) mass is 254 g/mol.